The van der Waals surface area contributed by atoms with Gasteiger partial charge >= 0.3 is 0 Å². The molecule has 0 spiro atoms. The Labute approximate surface area is 124 Å². The lowest BCUT2D eigenvalue weighted by Gasteiger charge is -2.36. The average molecular weight is 285 g/mol. The van der Waals surface area contributed by atoms with Gasteiger partial charge in [0.25, 0.3) is 0 Å². The molecule has 3 nitrogen and oxygen atoms in total. The first-order valence-corrected chi connectivity index (χ1v) is 7.36. The van der Waals surface area contributed by atoms with Crippen LogP contribution in [-0.2, 0) is 0 Å². The van der Waals surface area contributed by atoms with Crippen LogP contribution in [0.25, 0.3) is 0 Å². The van der Waals surface area contributed by atoms with Crippen molar-refractivity contribution in [1.82, 2.24) is 15.2 Å². The van der Waals surface area contributed by atoms with Crippen LogP contribution < -0.4 is 5.32 Å². The molecule has 1 N–H and O–H groups in total. The first-order chi connectivity index (χ1) is 10.3. The van der Waals surface area contributed by atoms with E-state index in [0.29, 0.717) is 0 Å². The van der Waals surface area contributed by atoms with Crippen LogP contribution in [0.4, 0.5) is 4.39 Å². The second kappa shape index (κ2) is 6.33. The molecule has 1 aromatic carbocycles. The van der Waals surface area contributed by atoms with E-state index in [2.05, 4.69) is 28.2 Å². The topological polar surface area (TPSA) is 28.2 Å². The Kier molecular flexibility index (Phi) is 4.27. The normalized spacial score (nSPS) is 17.6. The predicted octanol–water partition coefficient (Wildman–Crippen LogP) is 2.52. The van der Waals surface area contributed by atoms with Crippen molar-refractivity contribution in [3.63, 3.8) is 0 Å². The fourth-order valence-electron chi connectivity index (χ4n) is 2.96. The van der Waals surface area contributed by atoms with Crippen molar-refractivity contribution in [3.05, 3.63) is 65.2 Å². The smallest absolute Gasteiger partial charge is 0.123 e. The van der Waals surface area contributed by atoms with E-state index < -0.39 is 0 Å². The van der Waals surface area contributed by atoms with Crippen molar-refractivity contribution in [2.24, 2.45) is 0 Å². The molecule has 0 saturated carbocycles. The Morgan fingerprint density at radius 2 is 1.86 bits per heavy atom. The Hall–Kier alpha value is -1.78. The quantitative estimate of drug-likeness (QED) is 0.939. The summed E-state index contributed by atoms with van der Waals surface area (Å²) in [7, 11) is 0. The molecular formula is C17H20FN3. The third kappa shape index (κ3) is 3.12. The molecule has 0 radical (unpaired) electrons. The lowest BCUT2D eigenvalue weighted by Crippen LogP contribution is -2.45. The molecule has 1 unspecified atom stereocenters. The van der Waals surface area contributed by atoms with Crippen LogP contribution in [0.5, 0.6) is 0 Å². The van der Waals surface area contributed by atoms with Crippen molar-refractivity contribution in [3.8, 4) is 0 Å². The maximum atomic E-state index is 13.2. The molecule has 1 aliphatic rings. The first-order valence-electron chi connectivity index (χ1n) is 7.36. The number of halogens is 1. The molecule has 1 aliphatic heterocycles. The zero-order valence-corrected chi connectivity index (χ0v) is 12.2. The third-order valence-electron chi connectivity index (χ3n) is 4.06. The minimum absolute atomic E-state index is 0.163. The lowest BCUT2D eigenvalue weighted by molar-refractivity contribution is 0.198. The number of nitrogens with zero attached hydrogens (tertiary/aromatic N) is 2. The van der Waals surface area contributed by atoms with E-state index >= 15 is 0 Å². The Balaban J connectivity index is 2.01. The largest absolute Gasteiger partial charge is 0.314 e. The highest BCUT2D eigenvalue weighted by Gasteiger charge is 2.25. The lowest BCUT2D eigenvalue weighted by atomic mass is 9.94. The molecule has 3 rings (SSSR count). The molecule has 2 aromatic rings. The highest BCUT2D eigenvalue weighted by molar-refractivity contribution is 5.35. The third-order valence-corrected chi connectivity index (χ3v) is 4.06. The van der Waals surface area contributed by atoms with Crippen LogP contribution in [0.3, 0.4) is 0 Å². The average Bonchev–Trinajstić information content (AvgIpc) is 2.52. The van der Waals surface area contributed by atoms with Gasteiger partial charge in [-0.25, -0.2) is 4.39 Å². The Bertz CT molecular complexity index is 591. The summed E-state index contributed by atoms with van der Waals surface area (Å²) in [5.74, 6) is -0.190. The van der Waals surface area contributed by atoms with E-state index in [0.717, 1.165) is 31.7 Å². The van der Waals surface area contributed by atoms with Gasteiger partial charge in [-0.2, -0.15) is 0 Å². The van der Waals surface area contributed by atoms with Crippen molar-refractivity contribution in [2.45, 2.75) is 13.0 Å². The van der Waals surface area contributed by atoms with Crippen LogP contribution in [-0.4, -0.2) is 36.1 Å². The van der Waals surface area contributed by atoms with Crippen LogP contribution in [0, 0.1) is 12.7 Å². The van der Waals surface area contributed by atoms with Crippen molar-refractivity contribution >= 4 is 0 Å². The molecule has 0 aliphatic carbocycles. The second-order valence-corrected chi connectivity index (χ2v) is 5.47. The summed E-state index contributed by atoms with van der Waals surface area (Å²) in [6.07, 6.45) is 3.73. The minimum Gasteiger partial charge on any atom is -0.314 e. The molecule has 1 atom stereocenters. The van der Waals surface area contributed by atoms with Gasteiger partial charge in [0.15, 0.2) is 0 Å². The number of benzene rings is 1. The Morgan fingerprint density at radius 3 is 2.52 bits per heavy atom. The zero-order chi connectivity index (χ0) is 14.7. The van der Waals surface area contributed by atoms with E-state index in [1.54, 1.807) is 12.1 Å². The molecule has 0 bridgehead atoms. The monoisotopic (exact) mass is 285 g/mol. The summed E-state index contributed by atoms with van der Waals surface area (Å²) >= 11 is 0. The molecular weight excluding hydrogens is 265 g/mol. The van der Waals surface area contributed by atoms with Gasteiger partial charge in [0.05, 0.1) is 6.04 Å². The number of aryl methyl sites for hydroxylation is 1. The molecule has 2 heterocycles. The second-order valence-electron chi connectivity index (χ2n) is 5.47. The standard InChI is InChI=1S/C17H20FN3/c1-13-12-20-7-6-16(13)17(21-10-8-19-9-11-21)14-2-4-15(18)5-3-14/h2-7,12,17,19H,8-11H2,1H3. The van der Waals surface area contributed by atoms with Crippen molar-refractivity contribution in [1.29, 1.82) is 0 Å². The number of aromatic nitrogens is 1. The van der Waals surface area contributed by atoms with Gasteiger partial charge < -0.3 is 5.32 Å². The molecule has 21 heavy (non-hydrogen) atoms. The predicted molar refractivity (Wildman–Crippen MR) is 81.7 cm³/mol. The summed E-state index contributed by atoms with van der Waals surface area (Å²) in [4.78, 5) is 6.64. The fraction of sp³-hybridized carbons (Fsp3) is 0.353. The van der Waals surface area contributed by atoms with Crippen LogP contribution in [0.1, 0.15) is 22.7 Å². The maximum Gasteiger partial charge on any atom is 0.123 e. The zero-order valence-electron chi connectivity index (χ0n) is 12.2. The molecule has 1 saturated heterocycles. The highest BCUT2D eigenvalue weighted by Crippen LogP contribution is 2.30. The molecule has 4 heteroatoms. The number of nitrogens with one attached hydrogen (secondary N) is 1. The van der Waals surface area contributed by atoms with E-state index in [1.807, 2.05) is 24.5 Å². The first kappa shape index (κ1) is 14.2. The van der Waals surface area contributed by atoms with Gasteiger partial charge in [-0.15, -0.1) is 0 Å². The van der Waals surface area contributed by atoms with Gasteiger partial charge in [0, 0.05) is 38.6 Å². The fourth-order valence-corrected chi connectivity index (χ4v) is 2.96. The minimum atomic E-state index is -0.190. The number of hydrogen-bond acceptors (Lipinski definition) is 3. The molecule has 1 aromatic heterocycles. The van der Waals surface area contributed by atoms with E-state index in [-0.39, 0.29) is 11.9 Å². The van der Waals surface area contributed by atoms with Gasteiger partial charge in [-0.05, 0) is 41.8 Å². The van der Waals surface area contributed by atoms with Crippen LogP contribution in [0.15, 0.2) is 42.7 Å². The molecule has 1 fully saturated rings. The molecule has 0 amide bonds. The van der Waals surface area contributed by atoms with Crippen LogP contribution in [0.2, 0.25) is 0 Å². The number of pyridine rings is 1. The van der Waals surface area contributed by atoms with E-state index in [9.17, 15) is 4.39 Å². The van der Waals surface area contributed by atoms with Crippen molar-refractivity contribution < 1.29 is 4.39 Å². The van der Waals surface area contributed by atoms with Crippen molar-refractivity contribution in [2.75, 3.05) is 26.2 Å². The van der Waals surface area contributed by atoms with Gasteiger partial charge in [0.2, 0.25) is 0 Å². The summed E-state index contributed by atoms with van der Waals surface area (Å²) in [6, 6.07) is 9.10. The summed E-state index contributed by atoms with van der Waals surface area (Å²) in [5, 5.41) is 3.38. The van der Waals surface area contributed by atoms with E-state index in [4.69, 9.17) is 0 Å². The number of rotatable bonds is 3. The van der Waals surface area contributed by atoms with Gasteiger partial charge in [0.1, 0.15) is 5.82 Å². The number of piperazine rings is 1. The summed E-state index contributed by atoms with van der Waals surface area (Å²) in [6.45, 7) is 6.04. The van der Waals surface area contributed by atoms with Crippen LogP contribution >= 0.6 is 0 Å². The summed E-state index contributed by atoms with van der Waals surface area (Å²) in [5.41, 5.74) is 3.55. The maximum absolute atomic E-state index is 13.2. The van der Waals surface area contributed by atoms with Gasteiger partial charge in [-0.1, -0.05) is 12.1 Å². The number of hydrogen-bond donors (Lipinski definition) is 1. The SMILES string of the molecule is Cc1cnccc1C(c1ccc(F)cc1)N1CCNCC1. The summed E-state index contributed by atoms with van der Waals surface area (Å²) < 4.78 is 13.2. The highest BCUT2D eigenvalue weighted by atomic mass is 19.1. The van der Waals surface area contributed by atoms with E-state index in [1.165, 1.54) is 11.1 Å². The molecule has 110 valence electrons. The van der Waals surface area contributed by atoms with Gasteiger partial charge in [-0.3, -0.25) is 9.88 Å². The Morgan fingerprint density at radius 1 is 1.14 bits per heavy atom.